The van der Waals surface area contributed by atoms with Gasteiger partial charge in [0.15, 0.2) is 0 Å². The molecule has 2 saturated heterocycles. The van der Waals surface area contributed by atoms with Gasteiger partial charge in [0.2, 0.25) is 0 Å². The van der Waals surface area contributed by atoms with Gasteiger partial charge >= 0.3 is 0 Å². The van der Waals surface area contributed by atoms with E-state index in [2.05, 4.69) is 12.2 Å². The summed E-state index contributed by atoms with van der Waals surface area (Å²) in [6.07, 6.45) is 9.54. The Morgan fingerprint density at radius 2 is 2.13 bits per heavy atom. The Morgan fingerprint density at radius 1 is 1.27 bits per heavy atom. The number of hydrogen-bond acceptors (Lipinski definition) is 2. The molecule has 2 nitrogen and oxygen atoms in total. The quantitative estimate of drug-likeness (QED) is 0.750. The topological polar surface area (TPSA) is 21.3 Å². The number of fused-ring (bicyclic) bond motifs is 2. The Hall–Kier alpha value is -0.0800. The van der Waals surface area contributed by atoms with Crippen LogP contribution in [0.15, 0.2) is 0 Å². The first-order valence-electron chi connectivity index (χ1n) is 6.75. The summed E-state index contributed by atoms with van der Waals surface area (Å²) in [6, 6.07) is 0.748. The number of ether oxygens (including phenoxy) is 1. The van der Waals surface area contributed by atoms with Crippen LogP contribution in [0.3, 0.4) is 0 Å². The standard InChI is InChI=1S/C13H23NO/c1-2-14-12(7-9-3-4-9)11-8-10-5-6-13(11)15-10/h9-14H,2-8H2,1H3. The van der Waals surface area contributed by atoms with E-state index in [1.165, 1.54) is 38.5 Å². The van der Waals surface area contributed by atoms with Gasteiger partial charge in [0.1, 0.15) is 0 Å². The van der Waals surface area contributed by atoms with E-state index in [4.69, 9.17) is 4.74 Å². The van der Waals surface area contributed by atoms with Crippen molar-refractivity contribution in [1.29, 1.82) is 0 Å². The summed E-state index contributed by atoms with van der Waals surface area (Å²) in [4.78, 5) is 0. The molecule has 0 aromatic heterocycles. The van der Waals surface area contributed by atoms with Gasteiger partial charge in [0.25, 0.3) is 0 Å². The molecule has 0 spiro atoms. The van der Waals surface area contributed by atoms with Crippen molar-refractivity contribution in [2.45, 2.75) is 63.7 Å². The molecule has 2 bridgehead atoms. The van der Waals surface area contributed by atoms with Crippen LogP contribution in [-0.4, -0.2) is 24.8 Å². The van der Waals surface area contributed by atoms with Crippen LogP contribution in [0.2, 0.25) is 0 Å². The molecule has 2 heterocycles. The van der Waals surface area contributed by atoms with Gasteiger partial charge in [-0.2, -0.15) is 0 Å². The van der Waals surface area contributed by atoms with Crippen molar-refractivity contribution >= 4 is 0 Å². The molecule has 1 saturated carbocycles. The normalized spacial score (nSPS) is 41.0. The van der Waals surface area contributed by atoms with Crippen LogP contribution in [0.25, 0.3) is 0 Å². The van der Waals surface area contributed by atoms with Gasteiger partial charge in [-0.15, -0.1) is 0 Å². The van der Waals surface area contributed by atoms with E-state index in [0.29, 0.717) is 12.2 Å². The SMILES string of the molecule is CCNC(CC1CC1)C1CC2CCC1O2. The van der Waals surface area contributed by atoms with E-state index in [9.17, 15) is 0 Å². The molecule has 0 amide bonds. The van der Waals surface area contributed by atoms with E-state index >= 15 is 0 Å². The van der Waals surface area contributed by atoms with Gasteiger partial charge in [-0.3, -0.25) is 0 Å². The molecule has 2 aliphatic heterocycles. The first kappa shape index (κ1) is 10.1. The van der Waals surface area contributed by atoms with Crippen molar-refractivity contribution in [2.24, 2.45) is 11.8 Å². The van der Waals surface area contributed by atoms with Crippen LogP contribution in [0.1, 0.15) is 45.4 Å². The summed E-state index contributed by atoms with van der Waals surface area (Å²) >= 11 is 0. The van der Waals surface area contributed by atoms with Gasteiger partial charge < -0.3 is 10.1 Å². The van der Waals surface area contributed by atoms with Crippen LogP contribution in [0, 0.1) is 11.8 Å². The molecule has 4 unspecified atom stereocenters. The second kappa shape index (κ2) is 4.06. The molecular weight excluding hydrogens is 186 g/mol. The number of nitrogens with one attached hydrogen (secondary N) is 1. The fourth-order valence-corrected chi connectivity index (χ4v) is 3.48. The Labute approximate surface area is 92.8 Å². The molecule has 3 rings (SSSR count). The Kier molecular flexibility index (Phi) is 2.73. The van der Waals surface area contributed by atoms with Crippen LogP contribution in [0.5, 0.6) is 0 Å². The Balaban J connectivity index is 1.60. The molecule has 15 heavy (non-hydrogen) atoms. The first-order chi connectivity index (χ1) is 7.36. The lowest BCUT2D eigenvalue weighted by molar-refractivity contribution is 0.0846. The number of hydrogen-bond donors (Lipinski definition) is 1. The minimum absolute atomic E-state index is 0.595. The van der Waals surface area contributed by atoms with Gasteiger partial charge in [0.05, 0.1) is 12.2 Å². The third-order valence-corrected chi connectivity index (χ3v) is 4.42. The fraction of sp³-hybridized carbons (Fsp3) is 1.00. The van der Waals surface area contributed by atoms with E-state index < -0.39 is 0 Å². The van der Waals surface area contributed by atoms with Crippen molar-refractivity contribution in [3.63, 3.8) is 0 Å². The lowest BCUT2D eigenvalue weighted by Crippen LogP contribution is -2.41. The van der Waals surface area contributed by atoms with Crippen LogP contribution < -0.4 is 5.32 Å². The third kappa shape index (κ3) is 2.07. The van der Waals surface area contributed by atoms with E-state index in [1.54, 1.807) is 0 Å². The molecule has 3 aliphatic rings. The maximum atomic E-state index is 5.97. The molecule has 4 atom stereocenters. The molecule has 0 aromatic carbocycles. The van der Waals surface area contributed by atoms with Crippen molar-refractivity contribution in [3.05, 3.63) is 0 Å². The smallest absolute Gasteiger partial charge is 0.0623 e. The molecule has 86 valence electrons. The zero-order valence-electron chi connectivity index (χ0n) is 9.74. The maximum Gasteiger partial charge on any atom is 0.0623 e. The number of rotatable bonds is 5. The lowest BCUT2D eigenvalue weighted by atomic mass is 9.82. The molecule has 1 N–H and O–H groups in total. The molecule has 2 heteroatoms. The van der Waals surface area contributed by atoms with Crippen LogP contribution in [0.4, 0.5) is 0 Å². The summed E-state index contributed by atoms with van der Waals surface area (Å²) in [6.45, 7) is 3.35. The van der Waals surface area contributed by atoms with E-state index in [-0.39, 0.29) is 0 Å². The summed E-state index contributed by atoms with van der Waals surface area (Å²) in [5.74, 6) is 1.86. The van der Waals surface area contributed by atoms with Gasteiger partial charge in [-0.05, 0) is 38.1 Å². The predicted octanol–water partition coefficient (Wildman–Crippen LogP) is 2.33. The molecule has 3 fully saturated rings. The van der Waals surface area contributed by atoms with Crippen LogP contribution >= 0.6 is 0 Å². The lowest BCUT2D eigenvalue weighted by Gasteiger charge is -2.29. The highest BCUT2D eigenvalue weighted by atomic mass is 16.5. The molecule has 1 aliphatic carbocycles. The molecular formula is C13H23NO. The Morgan fingerprint density at radius 3 is 2.67 bits per heavy atom. The predicted molar refractivity (Wildman–Crippen MR) is 60.8 cm³/mol. The van der Waals surface area contributed by atoms with E-state index in [1.807, 2.05) is 0 Å². The monoisotopic (exact) mass is 209 g/mol. The average Bonchev–Trinajstić information content (AvgIpc) is 2.81. The second-order valence-corrected chi connectivity index (χ2v) is 5.62. The summed E-state index contributed by atoms with van der Waals surface area (Å²) < 4.78 is 5.97. The maximum absolute atomic E-state index is 5.97. The minimum atomic E-state index is 0.595. The summed E-state index contributed by atoms with van der Waals surface area (Å²) in [7, 11) is 0. The van der Waals surface area contributed by atoms with Crippen molar-refractivity contribution in [2.75, 3.05) is 6.54 Å². The zero-order valence-corrected chi connectivity index (χ0v) is 9.74. The molecule has 0 aromatic rings. The highest BCUT2D eigenvalue weighted by molar-refractivity contribution is 4.96. The highest BCUT2D eigenvalue weighted by Gasteiger charge is 2.45. The average molecular weight is 209 g/mol. The van der Waals surface area contributed by atoms with Crippen LogP contribution in [-0.2, 0) is 4.74 Å². The highest BCUT2D eigenvalue weighted by Crippen LogP contribution is 2.43. The van der Waals surface area contributed by atoms with Gasteiger partial charge in [0, 0.05) is 12.0 Å². The Bertz CT molecular complexity index is 227. The first-order valence-corrected chi connectivity index (χ1v) is 6.75. The fourth-order valence-electron chi connectivity index (χ4n) is 3.48. The van der Waals surface area contributed by atoms with Crippen molar-refractivity contribution < 1.29 is 4.74 Å². The second-order valence-electron chi connectivity index (χ2n) is 5.62. The zero-order chi connectivity index (χ0) is 10.3. The van der Waals surface area contributed by atoms with Gasteiger partial charge in [-0.1, -0.05) is 19.8 Å². The minimum Gasteiger partial charge on any atom is -0.375 e. The van der Waals surface area contributed by atoms with E-state index in [0.717, 1.165) is 24.4 Å². The molecule has 0 radical (unpaired) electrons. The third-order valence-electron chi connectivity index (χ3n) is 4.42. The summed E-state index contributed by atoms with van der Waals surface area (Å²) in [5.41, 5.74) is 0. The van der Waals surface area contributed by atoms with Gasteiger partial charge in [-0.25, -0.2) is 0 Å². The van der Waals surface area contributed by atoms with Crippen molar-refractivity contribution in [3.8, 4) is 0 Å². The largest absolute Gasteiger partial charge is 0.375 e. The summed E-state index contributed by atoms with van der Waals surface area (Å²) in [5, 5.41) is 3.70. The van der Waals surface area contributed by atoms with Crippen molar-refractivity contribution in [1.82, 2.24) is 5.32 Å².